The Labute approximate surface area is 95.2 Å². The van der Waals surface area contributed by atoms with Gasteiger partial charge in [-0.1, -0.05) is 19.8 Å². The largest absolute Gasteiger partial charge is 0.502 e. The first-order valence-corrected chi connectivity index (χ1v) is 5.55. The van der Waals surface area contributed by atoms with Crippen LogP contribution in [0.15, 0.2) is 4.42 Å². The Morgan fingerprint density at radius 3 is 2.50 bits per heavy atom. The van der Waals surface area contributed by atoms with Gasteiger partial charge in [-0.05, 0) is 20.3 Å². The molecule has 0 bridgehead atoms. The van der Waals surface area contributed by atoms with Gasteiger partial charge in [0.15, 0.2) is 0 Å². The minimum absolute atomic E-state index is 0.0821. The molecule has 0 saturated heterocycles. The van der Waals surface area contributed by atoms with Gasteiger partial charge < -0.3 is 14.3 Å². The van der Waals surface area contributed by atoms with Crippen molar-refractivity contribution >= 4 is 5.97 Å². The third-order valence-corrected chi connectivity index (χ3v) is 2.37. The van der Waals surface area contributed by atoms with Gasteiger partial charge in [-0.3, -0.25) is 4.79 Å². The average Bonchev–Trinajstić information content (AvgIpc) is 2.46. The highest BCUT2D eigenvalue weighted by Gasteiger charge is 2.18. The van der Waals surface area contributed by atoms with Crippen molar-refractivity contribution in [2.24, 2.45) is 0 Å². The second-order valence-electron chi connectivity index (χ2n) is 3.82. The van der Waals surface area contributed by atoms with Crippen LogP contribution in [0.4, 0.5) is 0 Å². The Kier molecular flexibility index (Phi) is 4.40. The standard InChI is InChI=1S/C12H18O4/c1-4-5-6-7-10(13)16-12-9(3)15-8(2)11(12)14/h14H,4-7H2,1-3H3. The van der Waals surface area contributed by atoms with E-state index in [1.807, 2.05) is 0 Å². The smallest absolute Gasteiger partial charge is 0.311 e. The first-order chi connectivity index (χ1) is 7.56. The zero-order valence-corrected chi connectivity index (χ0v) is 10.0. The number of carbonyl (C=O) groups excluding carboxylic acids is 1. The third-order valence-electron chi connectivity index (χ3n) is 2.37. The number of unbranched alkanes of at least 4 members (excludes halogenated alkanes) is 2. The van der Waals surface area contributed by atoms with E-state index < -0.39 is 0 Å². The maximum atomic E-state index is 11.4. The van der Waals surface area contributed by atoms with Crippen LogP contribution in [0.25, 0.3) is 0 Å². The summed E-state index contributed by atoms with van der Waals surface area (Å²) >= 11 is 0. The minimum atomic E-state index is -0.326. The van der Waals surface area contributed by atoms with Crippen LogP contribution < -0.4 is 4.74 Å². The van der Waals surface area contributed by atoms with Crippen molar-refractivity contribution < 1.29 is 19.1 Å². The van der Waals surface area contributed by atoms with E-state index in [0.29, 0.717) is 17.9 Å². The average molecular weight is 226 g/mol. The van der Waals surface area contributed by atoms with Gasteiger partial charge in [-0.25, -0.2) is 0 Å². The van der Waals surface area contributed by atoms with Crippen molar-refractivity contribution in [2.75, 3.05) is 0 Å². The molecule has 0 aliphatic carbocycles. The molecule has 0 amide bonds. The number of rotatable bonds is 5. The summed E-state index contributed by atoms with van der Waals surface area (Å²) in [5.74, 6) is 0.542. The Hall–Kier alpha value is -1.45. The molecule has 0 radical (unpaired) electrons. The molecule has 4 heteroatoms. The van der Waals surface area contributed by atoms with Crippen LogP contribution >= 0.6 is 0 Å². The lowest BCUT2D eigenvalue weighted by molar-refractivity contribution is -0.134. The second kappa shape index (κ2) is 5.58. The zero-order valence-electron chi connectivity index (χ0n) is 10.0. The summed E-state index contributed by atoms with van der Waals surface area (Å²) in [6.07, 6.45) is 3.25. The number of hydrogen-bond donors (Lipinski definition) is 1. The zero-order chi connectivity index (χ0) is 12.1. The molecular weight excluding hydrogens is 208 g/mol. The van der Waals surface area contributed by atoms with Crippen LogP contribution in [0.2, 0.25) is 0 Å². The Bertz CT molecular complexity index is 365. The molecule has 0 aliphatic heterocycles. The van der Waals surface area contributed by atoms with E-state index in [1.54, 1.807) is 13.8 Å². The van der Waals surface area contributed by atoms with Gasteiger partial charge in [0.25, 0.3) is 0 Å². The maximum Gasteiger partial charge on any atom is 0.311 e. The normalized spacial score (nSPS) is 10.4. The van der Waals surface area contributed by atoms with Crippen molar-refractivity contribution in [3.05, 3.63) is 11.5 Å². The quantitative estimate of drug-likeness (QED) is 0.619. The van der Waals surface area contributed by atoms with Crippen LogP contribution in [0.5, 0.6) is 11.5 Å². The minimum Gasteiger partial charge on any atom is -0.502 e. The molecule has 0 aromatic carbocycles. The second-order valence-corrected chi connectivity index (χ2v) is 3.82. The summed E-state index contributed by atoms with van der Waals surface area (Å²) in [7, 11) is 0. The van der Waals surface area contributed by atoms with Gasteiger partial charge in [0.1, 0.15) is 11.5 Å². The van der Waals surface area contributed by atoms with Gasteiger partial charge in [0.2, 0.25) is 11.5 Å². The van der Waals surface area contributed by atoms with E-state index in [4.69, 9.17) is 9.15 Å². The first-order valence-electron chi connectivity index (χ1n) is 5.55. The molecule has 1 rings (SSSR count). The fourth-order valence-electron chi connectivity index (χ4n) is 1.46. The van der Waals surface area contributed by atoms with Gasteiger partial charge in [0, 0.05) is 6.42 Å². The number of ether oxygens (including phenoxy) is 1. The fourth-order valence-corrected chi connectivity index (χ4v) is 1.46. The van der Waals surface area contributed by atoms with E-state index in [9.17, 15) is 9.90 Å². The molecule has 4 nitrogen and oxygen atoms in total. The SMILES string of the molecule is CCCCCC(=O)Oc1c(C)oc(C)c1O. The fraction of sp³-hybridized carbons (Fsp3) is 0.583. The van der Waals surface area contributed by atoms with Gasteiger partial charge in [-0.2, -0.15) is 0 Å². The molecule has 0 atom stereocenters. The Morgan fingerprint density at radius 1 is 1.31 bits per heavy atom. The Morgan fingerprint density at radius 2 is 2.00 bits per heavy atom. The lowest BCUT2D eigenvalue weighted by atomic mass is 10.2. The van der Waals surface area contributed by atoms with Gasteiger partial charge in [-0.15, -0.1) is 0 Å². The highest BCUT2D eigenvalue weighted by atomic mass is 16.6. The van der Waals surface area contributed by atoms with E-state index in [2.05, 4.69) is 6.92 Å². The van der Waals surface area contributed by atoms with Crippen LogP contribution in [-0.2, 0) is 4.79 Å². The summed E-state index contributed by atoms with van der Waals surface area (Å²) in [6.45, 7) is 5.35. The number of hydrogen-bond acceptors (Lipinski definition) is 4. The molecule has 0 saturated carbocycles. The summed E-state index contributed by atoms with van der Waals surface area (Å²) < 4.78 is 10.2. The topological polar surface area (TPSA) is 59.7 Å². The van der Waals surface area contributed by atoms with Gasteiger partial charge in [0.05, 0.1) is 0 Å². The lowest BCUT2D eigenvalue weighted by Gasteiger charge is -2.02. The summed E-state index contributed by atoms with van der Waals surface area (Å²) in [5.41, 5.74) is 0. The number of furan rings is 1. The predicted octanol–water partition coefficient (Wildman–Crippen LogP) is 3.09. The van der Waals surface area contributed by atoms with Crippen molar-refractivity contribution in [2.45, 2.75) is 46.5 Å². The molecule has 90 valence electrons. The summed E-state index contributed by atoms with van der Waals surface area (Å²) in [4.78, 5) is 11.4. The number of esters is 1. The third kappa shape index (κ3) is 3.02. The molecule has 1 heterocycles. The molecular formula is C12H18O4. The monoisotopic (exact) mass is 226 g/mol. The molecule has 1 aromatic heterocycles. The molecule has 0 unspecified atom stereocenters. The predicted molar refractivity (Wildman–Crippen MR) is 59.6 cm³/mol. The molecule has 1 aromatic rings. The number of aromatic hydroxyl groups is 1. The highest BCUT2D eigenvalue weighted by molar-refractivity contribution is 5.73. The maximum absolute atomic E-state index is 11.4. The summed E-state index contributed by atoms with van der Waals surface area (Å²) in [6, 6.07) is 0. The van der Waals surface area contributed by atoms with E-state index in [0.717, 1.165) is 19.3 Å². The van der Waals surface area contributed by atoms with Crippen LogP contribution in [0.3, 0.4) is 0 Å². The molecule has 1 N–H and O–H groups in total. The van der Waals surface area contributed by atoms with Crippen molar-refractivity contribution in [1.29, 1.82) is 0 Å². The van der Waals surface area contributed by atoms with E-state index in [-0.39, 0.29) is 17.5 Å². The van der Waals surface area contributed by atoms with Crippen LogP contribution in [0, 0.1) is 13.8 Å². The molecule has 16 heavy (non-hydrogen) atoms. The number of aryl methyl sites for hydroxylation is 2. The molecule has 0 fully saturated rings. The van der Waals surface area contributed by atoms with Crippen molar-refractivity contribution in [3.8, 4) is 11.5 Å². The molecule has 0 spiro atoms. The van der Waals surface area contributed by atoms with E-state index in [1.165, 1.54) is 0 Å². The van der Waals surface area contributed by atoms with Crippen LogP contribution in [-0.4, -0.2) is 11.1 Å². The van der Waals surface area contributed by atoms with Crippen molar-refractivity contribution in [3.63, 3.8) is 0 Å². The molecule has 0 aliphatic rings. The summed E-state index contributed by atoms with van der Waals surface area (Å²) in [5, 5.41) is 9.57. The lowest BCUT2D eigenvalue weighted by Crippen LogP contribution is -2.07. The van der Waals surface area contributed by atoms with Crippen LogP contribution in [0.1, 0.15) is 44.1 Å². The highest BCUT2D eigenvalue weighted by Crippen LogP contribution is 2.36. The van der Waals surface area contributed by atoms with E-state index >= 15 is 0 Å². The van der Waals surface area contributed by atoms with Crippen molar-refractivity contribution in [1.82, 2.24) is 0 Å². The Balaban J connectivity index is 2.56. The first kappa shape index (κ1) is 12.6. The number of carbonyl (C=O) groups is 1. The van der Waals surface area contributed by atoms with Gasteiger partial charge >= 0.3 is 5.97 Å².